The summed E-state index contributed by atoms with van der Waals surface area (Å²) in [5.74, 6) is 0.492. The second-order valence-electron chi connectivity index (χ2n) is 6.03. The van der Waals surface area contributed by atoms with Gasteiger partial charge in [0.05, 0.1) is 0 Å². The molecule has 5 heteroatoms. The zero-order valence-electron chi connectivity index (χ0n) is 10.1. The molecule has 4 rings (SSSR count). The molecule has 1 radical (unpaired) electrons. The molecule has 18 heavy (non-hydrogen) atoms. The predicted molar refractivity (Wildman–Crippen MR) is 60.9 cm³/mol. The molecule has 4 aliphatic rings. The van der Waals surface area contributed by atoms with E-state index >= 15 is 0 Å². The van der Waals surface area contributed by atoms with Crippen molar-refractivity contribution in [2.24, 2.45) is 17.0 Å². The number of rotatable bonds is 3. The number of carbonyl (C=O) groups excluding carboxylic acids is 1. The van der Waals surface area contributed by atoms with E-state index in [0.717, 1.165) is 32.1 Å². The van der Waals surface area contributed by atoms with Crippen LogP contribution >= 0.6 is 0 Å². The number of esters is 1. The van der Waals surface area contributed by atoms with Crippen molar-refractivity contribution in [3.63, 3.8) is 0 Å². The van der Waals surface area contributed by atoms with E-state index in [2.05, 4.69) is 17.8 Å². The molecule has 0 saturated heterocycles. The van der Waals surface area contributed by atoms with Gasteiger partial charge in [-0.3, -0.25) is 11.4 Å². The van der Waals surface area contributed by atoms with Crippen molar-refractivity contribution in [1.82, 2.24) is 0 Å². The van der Waals surface area contributed by atoms with Crippen LogP contribution in [0, 0.1) is 22.8 Å². The maximum Gasteiger partial charge on any atom is 0.147 e. The Hall–Kier alpha value is -0.567. The third kappa shape index (κ3) is 2.07. The monoisotopic (exact) mass is 337 g/mol. The van der Waals surface area contributed by atoms with E-state index in [1.54, 1.807) is 0 Å². The van der Waals surface area contributed by atoms with Crippen molar-refractivity contribution in [2.45, 2.75) is 49.7 Å². The molecule has 2 unspecified atom stereocenters. The van der Waals surface area contributed by atoms with Crippen LogP contribution in [0.2, 0.25) is 0 Å². The first-order valence-electron chi connectivity index (χ1n) is 6.19. The summed E-state index contributed by atoms with van der Waals surface area (Å²) < 4.78 is 5.52. The fourth-order valence-corrected chi connectivity index (χ4v) is 4.59. The molecule has 0 aromatic carbocycles. The summed E-state index contributed by atoms with van der Waals surface area (Å²) in [5, 5.41) is 3.38. The third-order valence-corrected chi connectivity index (χ3v) is 4.62. The van der Waals surface area contributed by atoms with Crippen LogP contribution in [0.1, 0.15) is 38.5 Å². The van der Waals surface area contributed by atoms with Gasteiger partial charge < -0.3 is 10.8 Å². The predicted octanol–water partition coefficient (Wildman–Crippen LogP) is 2.37. The third-order valence-electron chi connectivity index (χ3n) is 4.62. The first kappa shape index (κ1) is 13.9. The normalized spacial score (nSPS) is 44.0. The topological polar surface area (TPSA) is 55.7 Å². The molecular formula is C13H16NO3Rh-. The molecule has 101 valence electrons. The molecule has 4 aliphatic carbocycles. The van der Waals surface area contributed by atoms with Gasteiger partial charge in [-0.2, -0.15) is 4.91 Å². The molecule has 0 heterocycles. The van der Waals surface area contributed by atoms with Crippen LogP contribution in [0.5, 0.6) is 0 Å². The number of nitrogens with zero attached hydrogens (tertiary/aromatic N) is 1. The van der Waals surface area contributed by atoms with Crippen molar-refractivity contribution in [3.8, 4) is 0 Å². The molecule has 4 saturated carbocycles. The minimum atomic E-state index is -0.493. The minimum Gasteiger partial charge on any atom is -0.484 e. The number of nitroso groups, excluding NO2 is 1. The first-order valence-corrected chi connectivity index (χ1v) is 6.19. The Bertz CT molecular complexity index is 382. The summed E-state index contributed by atoms with van der Waals surface area (Å²) in [4.78, 5) is 22.5. The van der Waals surface area contributed by atoms with Crippen LogP contribution in [0.15, 0.2) is 11.8 Å². The van der Waals surface area contributed by atoms with Gasteiger partial charge in [-0.05, 0) is 43.9 Å². The Morgan fingerprint density at radius 1 is 1.28 bits per heavy atom. The Balaban J connectivity index is 0.00000120. The molecule has 4 bridgehead atoms. The van der Waals surface area contributed by atoms with E-state index in [1.807, 2.05) is 0 Å². The van der Waals surface area contributed by atoms with Gasteiger partial charge in [0.25, 0.3) is 0 Å². The average Bonchev–Trinajstić information content (AvgIpc) is 2.26. The summed E-state index contributed by atoms with van der Waals surface area (Å²) in [7, 11) is 0. The van der Waals surface area contributed by atoms with Crippen LogP contribution in [0.25, 0.3) is 0 Å². The molecule has 0 amide bonds. The SMILES string of the molecule is C=[C-]C(=O)OC12CC3CC(CC(N=O)(C3)C1)C2.[Rh]. The van der Waals surface area contributed by atoms with E-state index in [9.17, 15) is 9.70 Å². The van der Waals surface area contributed by atoms with Gasteiger partial charge >= 0.3 is 0 Å². The molecule has 4 fully saturated rings. The number of hydrogen-bond acceptors (Lipinski definition) is 4. The standard InChI is InChI=1S/C13H16NO3.Rh/c1-2-11(15)17-13-6-9-3-10(7-13)5-12(4-9,8-13)14-16;/h9-10H,1,3-8H2;/q-1;. The molecule has 0 spiro atoms. The van der Waals surface area contributed by atoms with Crippen LogP contribution in [0.4, 0.5) is 0 Å². The average molecular weight is 337 g/mol. The number of hydrogen-bond donors (Lipinski definition) is 0. The van der Waals surface area contributed by atoms with Gasteiger partial charge in [0.1, 0.15) is 17.1 Å². The van der Waals surface area contributed by atoms with E-state index in [4.69, 9.17) is 4.74 Å². The summed E-state index contributed by atoms with van der Waals surface area (Å²) in [5.41, 5.74) is -0.925. The Morgan fingerprint density at radius 2 is 1.89 bits per heavy atom. The maximum atomic E-state index is 11.4. The van der Waals surface area contributed by atoms with Crippen LogP contribution < -0.4 is 0 Å². The van der Waals surface area contributed by atoms with Gasteiger partial charge in [-0.15, -0.1) is 0 Å². The Labute approximate surface area is 119 Å². The van der Waals surface area contributed by atoms with E-state index < -0.39 is 17.1 Å². The van der Waals surface area contributed by atoms with Gasteiger partial charge in [0.2, 0.25) is 0 Å². The van der Waals surface area contributed by atoms with E-state index in [-0.39, 0.29) is 19.5 Å². The maximum absolute atomic E-state index is 11.4. The van der Waals surface area contributed by atoms with Gasteiger partial charge in [0.15, 0.2) is 0 Å². The fourth-order valence-electron chi connectivity index (χ4n) is 4.59. The van der Waals surface area contributed by atoms with Crippen LogP contribution in [-0.2, 0) is 29.0 Å². The van der Waals surface area contributed by atoms with E-state index in [1.165, 1.54) is 0 Å². The minimum absolute atomic E-state index is 0. The summed E-state index contributed by atoms with van der Waals surface area (Å²) >= 11 is 0. The van der Waals surface area contributed by atoms with Crippen molar-refractivity contribution in [2.75, 3.05) is 0 Å². The second kappa shape index (κ2) is 4.52. The largest absolute Gasteiger partial charge is 0.484 e. The first-order chi connectivity index (χ1) is 8.09. The van der Waals surface area contributed by atoms with Crippen LogP contribution in [-0.4, -0.2) is 17.1 Å². The molecular weight excluding hydrogens is 321 g/mol. The smallest absolute Gasteiger partial charge is 0.147 e. The van der Waals surface area contributed by atoms with Gasteiger partial charge in [-0.25, -0.2) is 0 Å². The zero-order chi connectivity index (χ0) is 12.1. The quantitative estimate of drug-likeness (QED) is 0.261. The fraction of sp³-hybridized carbons (Fsp3) is 0.769. The summed E-state index contributed by atoms with van der Waals surface area (Å²) in [6.45, 7) is 3.31. The Kier molecular flexibility index (Phi) is 3.48. The van der Waals surface area contributed by atoms with E-state index in [0.29, 0.717) is 18.3 Å². The van der Waals surface area contributed by atoms with Crippen molar-refractivity contribution in [1.29, 1.82) is 0 Å². The number of ether oxygens (including phenoxy) is 1. The Morgan fingerprint density at radius 3 is 2.39 bits per heavy atom. The molecule has 0 aromatic rings. The summed E-state index contributed by atoms with van der Waals surface area (Å²) in [6.07, 6.45) is 7.54. The zero-order valence-corrected chi connectivity index (χ0v) is 11.7. The van der Waals surface area contributed by atoms with Gasteiger partial charge in [-0.1, -0.05) is 5.18 Å². The van der Waals surface area contributed by atoms with Crippen molar-refractivity contribution < 1.29 is 29.0 Å². The van der Waals surface area contributed by atoms with Gasteiger partial charge in [0, 0.05) is 25.9 Å². The summed E-state index contributed by atoms with van der Waals surface area (Å²) in [6, 6.07) is 0. The molecule has 2 atom stereocenters. The molecule has 0 aromatic heterocycles. The van der Waals surface area contributed by atoms with Crippen molar-refractivity contribution in [3.05, 3.63) is 17.6 Å². The number of carbonyl (C=O) groups is 1. The molecule has 0 aliphatic heterocycles. The molecule has 4 nitrogen and oxygen atoms in total. The second-order valence-corrected chi connectivity index (χ2v) is 6.03. The van der Waals surface area contributed by atoms with Crippen molar-refractivity contribution >= 4 is 5.97 Å². The van der Waals surface area contributed by atoms with Crippen LogP contribution in [0.3, 0.4) is 0 Å². The molecule has 0 N–H and O–H groups in total.